The fraction of sp³-hybridized carbons (Fsp3) is 0.947. The second kappa shape index (κ2) is 5.92. The van der Waals surface area contributed by atoms with Crippen LogP contribution in [0.1, 0.15) is 67.7 Å². The van der Waals surface area contributed by atoms with Gasteiger partial charge in [0.25, 0.3) is 0 Å². The molecular formula is C19H33NO5S. The molecule has 7 heteroatoms. The van der Waals surface area contributed by atoms with E-state index in [0.29, 0.717) is 18.8 Å². The molecule has 2 saturated carbocycles. The number of nitrogens with zero attached hydrogens (tertiary/aromatic N) is 1. The third-order valence-corrected chi connectivity index (χ3v) is 9.49. The Morgan fingerprint density at radius 1 is 1.19 bits per heavy atom. The Kier molecular flexibility index (Phi) is 4.57. The molecule has 0 amide bonds. The molecule has 0 aromatic heterocycles. The molecule has 3 rings (SSSR count). The zero-order chi connectivity index (χ0) is 19.7. The van der Waals surface area contributed by atoms with E-state index in [4.69, 9.17) is 9.47 Å². The first-order chi connectivity index (χ1) is 11.8. The Balaban J connectivity index is 2.06. The lowest BCUT2D eigenvalue weighted by atomic mass is 9.68. The predicted octanol–water partition coefficient (Wildman–Crippen LogP) is 2.92. The molecule has 0 aromatic carbocycles. The van der Waals surface area contributed by atoms with Gasteiger partial charge in [-0.1, -0.05) is 13.8 Å². The summed E-state index contributed by atoms with van der Waals surface area (Å²) in [4.78, 5) is 12.2. The molecule has 3 aliphatic rings. The lowest BCUT2D eigenvalue weighted by molar-refractivity contribution is -0.240. The molecular weight excluding hydrogens is 354 g/mol. The third kappa shape index (κ3) is 2.49. The molecule has 0 unspecified atom stereocenters. The van der Waals surface area contributed by atoms with Gasteiger partial charge in [-0.25, -0.2) is 13.2 Å². The van der Waals surface area contributed by atoms with Crippen LogP contribution in [-0.2, 0) is 24.3 Å². The van der Waals surface area contributed by atoms with Gasteiger partial charge in [0.1, 0.15) is 0 Å². The maximum Gasteiger partial charge on any atom is 0.337 e. The van der Waals surface area contributed by atoms with Gasteiger partial charge in [0.2, 0.25) is 15.8 Å². The SMILES string of the molecule is CC(C)N(C(C)C)S(=O)(=O)C[C@]12CC[C@H](C[C@]13OC(=O)[C@@H](C)O3)C2(C)C. The number of sulfonamides is 1. The van der Waals surface area contributed by atoms with Gasteiger partial charge in [-0.2, -0.15) is 4.31 Å². The highest BCUT2D eigenvalue weighted by molar-refractivity contribution is 7.89. The van der Waals surface area contributed by atoms with Crippen LogP contribution < -0.4 is 0 Å². The smallest absolute Gasteiger partial charge is 0.337 e. The molecule has 0 radical (unpaired) electrons. The minimum atomic E-state index is -3.56. The normalized spacial score (nSPS) is 38.9. The van der Waals surface area contributed by atoms with Gasteiger partial charge in [-0.05, 0) is 58.8 Å². The molecule has 0 N–H and O–H groups in total. The summed E-state index contributed by atoms with van der Waals surface area (Å²) in [6.07, 6.45) is 1.60. The molecule has 4 atom stereocenters. The number of carbonyl (C=O) groups is 1. The number of fused-ring (bicyclic) bond motifs is 3. The van der Waals surface area contributed by atoms with E-state index in [1.165, 1.54) is 0 Å². The second-order valence-electron chi connectivity index (χ2n) is 9.45. The van der Waals surface area contributed by atoms with Crippen molar-refractivity contribution >= 4 is 16.0 Å². The summed E-state index contributed by atoms with van der Waals surface area (Å²) in [5.74, 6) is -1.24. The van der Waals surface area contributed by atoms with Gasteiger partial charge in [-0.3, -0.25) is 0 Å². The van der Waals surface area contributed by atoms with Crippen LogP contribution in [0, 0.1) is 16.7 Å². The van der Waals surface area contributed by atoms with E-state index in [1.807, 2.05) is 27.7 Å². The molecule has 3 fully saturated rings. The van der Waals surface area contributed by atoms with E-state index in [0.717, 1.165) is 6.42 Å². The summed E-state index contributed by atoms with van der Waals surface area (Å²) in [5.41, 5.74) is -0.990. The Morgan fingerprint density at radius 3 is 2.19 bits per heavy atom. The average Bonchev–Trinajstić information content (AvgIpc) is 2.92. The lowest BCUT2D eigenvalue weighted by Gasteiger charge is -2.47. The van der Waals surface area contributed by atoms with Crippen molar-refractivity contribution in [2.24, 2.45) is 16.7 Å². The molecule has 1 heterocycles. The largest absolute Gasteiger partial charge is 0.430 e. The molecule has 2 bridgehead atoms. The molecule has 1 spiro atoms. The monoisotopic (exact) mass is 387 g/mol. The van der Waals surface area contributed by atoms with Gasteiger partial charge < -0.3 is 9.47 Å². The van der Waals surface area contributed by atoms with Crippen molar-refractivity contribution in [2.75, 3.05) is 5.75 Å². The highest BCUT2D eigenvalue weighted by Crippen LogP contribution is 2.72. The van der Waals surface area contributed by atoms with Gasteiger partial charge in [0.05, 0.1) is 11.2 Å². The molecule has 2 aliphatic carbocycles. The van der Waals surface area contributed by atoms with Crippen molar-refractivity contribution in [3.8, 4) is 0 Å². The summed E-state index contributed by atoms with van der Waals surface area (Å²) in [6, 6.07) is -0.250. The second-order valence-corrected chi connectivity index (χ2v) is 11.3. The summed E-state index contributed by atoms with van der Waals surface area (Å²) in [6.45, 7) is 13.5. The van der Waals surface area contributed by atoms with Crippen molar-refractivity contribution in [2.45, 2.75) is 91.7 Å². The van der Waals surface area contributed by atoms with E-state index in [2.05, 4.69) is 13.8 Å². The van der Waals surface area contributed by atoms with Gasteiger partial charge in [0.15, 0.2) is 6.10 Å². The van der Waals surface area contributed by atoms with Crippen molar-refractivity contribution in [1.82, 2.24) is 4.31 Å². The van der Waals surface area contributed by atoms with Gasteiger partial charge in [0, 0.05) is 18.5 Å². The van der Waals surface area contributed by atoms with E-state index < -0.39 is 27.3 Å². The first-order valence-electron chi connectivity index (χ1n) is 9.71. The molecule has 26 heavy (non-hydrogen) atoms. The fourth-order valence-electron chi connectivity index (χ4n) is 5.95. The minimum absolute atomic E-state index is 0.0418. The van der Waals surface area contributed by atoms with Crippen LogP contribution in [0.4, 0.5) is 0 Å². The number of carbonyl (C=O) groups excluding carboxylic acids is 1. The van der Waals surface area contributed by atoms with Crippen molar-refractivity contribution in [3.05, 3.63) is 0 Å². The summed E-state index contributed by atoms with van der Waals surface area (Å²) in [5, 5.41) is 0. The minimum Gasteiger partial charge on any atom is -0.430 e. The highest BCUT2D eigenvalue weighted by atomic mass is 32.2. The predicted molar refractivity (Wildman–Crippen MR) is 98.8 cm³/mol. The van der Waals surface area contributed by atoms with E-state index >= 15 is 0 Å². The summed E-state index contributed by atoms with van der Waals surface area (Å²) < 4.78 is 40.4. The maximum absolute atomic E-state index is 13.5. The average molecular weight is 388 g/mol. The van der Waals surface area contributed by atoms with Crippen LogP contribution >= 0.6 is 0 Å². The number of hydrogen-bond donors (Lipinski definition) is 0. The Bertz CT molecular complexity index is 693. The van der Waals surface area contributed by atoms with Crippen LogP contribution in [-0.4, -0.2) is 48.4 Å². The maximum atomic E-state index is 13.5. The number of esters is 1. The van der Waals surface area contributed by atoms with E-state index in [1.54, 1.807) is 11.2 Å². The fourth-order valence-corrected chi connectivity index (χ4v) is 8.74. The summed E-state index contributed by atoms with van der Waals surface area (Å²) in [7, 11) is -3.56. The molecule has 1 saturated heterocycles. The molecule has 6 nitrogen and oxygen atoms in total. The first-order valence-corrected chi connectivity index (χ1v) is 11.3. The Morgan fingerprint density at radius 2 is 1.77 bits per heavy atom. The van der Waals surface area contributed by atoms with Gasteiger partial charge >= 0.3 is 5.97 Å². The number of hydrogen-bond acceptors (Lipinski definition) is 5. The summed E-state index contributed by atoms with van der Waals surface area (Å²) >= 11 is 0. The van der Waals surface area contributed by atoms with Crippen LogP contribution in [0.15, 0.2) is 0 Å². The Labute approximate surface area is 157 Å². The van der Waals surface area contributed by atoms with Crippen molar-refractivity contribution in [1.29, 1.82) is 0 Å². The van der Waals surface area contributed by atoms with Crippen LogP contribution in [0.5, 0.6) is 0 Å². The Hall–Kier alpha value is -0.660. The van der Waals surface area contributed by atoms with E-state index in [-0.39, 0.29) is 29.2 Å². The third-order valence-electron chi connectivity index (χ3n) is 7.15. The van der Waals surface area contributed by atoms with Crippen molar-refractivity contribution in [3.63, 3.8) is 0 Å². The van der Waals surface area contributed by atoms with E-state index in [9.17, 15) is 13.2 Å². The standard InChI is InChI=1S/C19H33NO5S/c1-12(2)20(13(3)4)26(22,23)11-18-9-8-15(17(18,6)7)10-19(18)24-14(5)16(21)25-19/h12-15H,8-11H2,1-7H3/t14-,15-,18+,19+/m1/s1. The zero-order valence-electron chi connectivity index (χ0n) is 17.0. The van der Waals surface area contributed by atoms with Crippen LogP contribution in [0.2, 0.25) is 0 Å². The topological polar surface area (TPSA) is 72.9 Å². The molecule has 0 aromatic rings. The molecule has 1 aliphatic heterocycles. The lowest BCUT2D eigenvalue weighted by Crippen LogP contribution is -2.57. The van der Waals surface area contributed by atoms with Crippen molar-refractivity contribution < 1.29 is 22.7 Å². The van der Waals surface area contributed by atoms with Crippen LogP contribution in [0.25, 0.3) is 0 Å². The quantitative estimate of drug-likeness (QED) is 0.678. The zero-order valence-corrected chi connectivity index (χ0v) is 17.9. The highest BCUT2D eigenvalue weighted by Gasteiger charge is 2.77. The molecule has 150 valence electrons. The number of ether oxygens (including phenoxy) is 2. The van der Waals surface area contributed by atoms with Crippen LogP contribution in [0.3, 0.4) is 0 Å². The number of rotatable bonds is 5. The first kappa shape index (κ1) is 20.1. The van der Waals surface area contributed by atoms with Gasteiger partial charge in [-0.15, -0.1) is 0 Å².